The molecule has 0 aromatic heterocycles. The lowest BCUT2D eigenvalue weighted by Crippen LogP contribution is -2.28. The van der Waals surface area contributed by atoms with Gasteiger partial charge in [0.05, 0.1) is 5.41 Å². The lowest BCUT2D eigenvalue weighted by molar-refractivity contribution is 0.0985. The summed E-state index contributed by atoms with van der Waals surface area (Å²) in [6.45, 7) is 0. The Labute approximate surface area is 308 Å². The van der Waals surface area contributed by atoms with E-state index < -0.39 is 5.41 Å². The minimum absolute atomic E-state index is 0.0477. The number of ketones is 2. The number of hydrogen-bond donors (Lipinski definition) is 2. The minimum Gasteiger partial charge on any atom is -0.398 e. The Morgan fingerprint density at radius 3 is 1.28 bits per heavy atom. The maximum absolute atomic E-state index is 13.5. The van der Waals surface area contributed by atoms with Crippen LogP contribution in [0.4, 0.5) is 11.4 Å². The van der Waals surface area contributed by atoms with Crippen molar-refractivity contribution in [3.05, 3.63) is 214 Å². The van der Waals surface area contributed by atoms with Gasteiger partial charge in [-0.05, 0) is 79.5 Å². The van der Waals surface area contributed by atoms with Crippen LogP contribution in [0.5, 0.6) is 0 Å². The summed E-state index contributed by atoms with van der Waals surface area (Å²) < 4.78 is 0. The molecule has 0 unspecified atom stereocenters. The Morgan fingerprint density at radius 2 is 0.849 bits per heavy atom. The lowest BCUT2D eigenvalue weighted by Gasteiger charge is -2.34. The molecule has 0 saturated carbocycles. The lowest BCUT2D eigenvalue weighted by atomic mass is 9.67. The van der Waals surface area contributed by atoms with Gasteiger partial charge >= 0.3 is 0 Å². The molecule has 0 saturated heterocycles. The largest absolute Gasteiger partial charge is 0.398 e. The maximum atomic E-state index is 13.5. The third kappa shape index (κ3) is 5.39. The highest BCUT2D eigenvalue weighted by molar-refractivity contribution is 6.04. The minimum atomic E-state index is -0.593. The van der Waals surface area contributed by atoms with Gasteiger partial charge in [-0.25, -0.2) is 0 Å². The van der Waals surface area contributed by atoms with Crippen LogP contribution in [-0.2, 0) is 18.3 Å². The number of anilines is 2. The van der Waals surface area contributed by atoms with Gasteiger partial charge < -0.3 is 11.5 Å². The standard InChI is InChI=1S/C49H36N2O2/c50-45-13-5-7-33-19-21-35(29-41(33)45)47(52)27-31-15-23-37(24-16-31)49(43-11-3-1-9-39(43)40-10-2-4-12-44(40)49)38-25-17-32(18-26-38)28-48(53)36-22-20-34-8-6-14-46(51)42(34)30-36/h1-26,29-30H,27-28,50-51H2. The Hall–Kier alpha value is -6.78. The summed E-state index contributed by atoms with van der Waals surface area (Å²) in [7, 11) is 0. The van der Waals surface area contributed by atoms with Crippen LogP contribution in [0.25, 0.3) is 32.7 Å². The van der Waals surface area contributed by atoms with Gasteiger partial charge in [0.15, 0.2) is 11.6 Å². The molecule has 4 heteroatoms. The van der Waals surface area contributed by atoms with E-state index in [1.165, 1.54) is 22.3 Å². The molecule has 4 nitrogen and oxygen atoms in total. The fourth-order valence-electron chi connectivity index (χ4n) is 8.28. The van der Waals surface area contributed by atoms with E-state index in [4.69, 9.17) is 11.5 Å². The molecule has 0 radical (unpaired) electrons. The van der Waals surface area contributed by atoms with Gasteiger partial charge in [-0.2, -0.15) is 0 Å². The normalized spacial score (nSPS) is 12.8. The molecular weight excluding hydrogens is 649 g/mol. The van der Waals surface area contributed by atoms with Crippen LogP contribution in [0.15, 0.2) is 170 Å². The van der Waals surface area contributed by atoms with Gasteiger partial charge in [0.2, 0.25) is 0 Å². The molecule has 0 heterocycles. The fraction of sp³-hybridized carbons (Fsp3) is 0.0612. The summed E-state index contributed by atoms with van der Waals surface area (Å²) in [6.07, 6.45) is 0.566. The number of hydrogen-bond acceptors (Lipinski definition) is 4. The number of carbonyl (C=O) groups excluding carboxylic acids is 2. The van der Waals surface area contributed by atoms with Crippen LogP contribution in [0.3, 0.4) is 0 Å². The maximum Gasteiger partial charge on any atom is 0.167 e. The topological polar surface area (TPSA) is 86.2 Å². The van der Waals surface area contributed by atoms with Gasteiger partial charge in [-0.1, -0.05) is 146 Å². The van der Waals surface area contributed by atoms with Crippen molar-refractivity contribution in [2.24, 2.45) is 0 Å². The number of nitrogen functional groups attached to an aromatic ring is 2. The van der Waals surface area contributed by atoms with Gasteiger partial charge in [-0.15, -0.1) is 0 Å². The zero-order chi connectivity index (χ0) is 36.1. The zero-order valence-electron chi connectivity index (χ0n) is 29.1. The third-order valence-electron chi connectivity index (χ3n) is 10.9. The zero-order valence-corrected chi connectivity index (χ0v) is 29.1. The molecule has 1 aliphatic rings. The molecule has 8 aromatic rings. The number of carbonyl (C=O) groups is 2. The molecule has 1 aliphatic carbocycles. The van der Waals surface area contributed by atoms with E-state index in [0.717, 1.165) is 43.8 Å². The first-order chi connectivity index (χ1) is 25.9. The highest BCUT2D eigenvalue weighted by Crippen LogP contribution is 2.56. The summed E-state index contributed by atoms with van der Waals surface area (Å²) >= 11 is 0. The van der Waals surface area contributed by atoms with Crippen molar-refractivity contribution in [3.63, 3.8) is 0 Å². The highest BCUT2D eigenvalue weighted by atomic mass is 16.1. The molecule has 9 rings (SSSR count). The van der Waals surface area contributed by atoms with Crippen molar-refractivity contribution in [1.29, 1.82) is 0 Å². The molecule has 0 spiro atoms. The van der Waals surface area contributed by atoms with E-state index in [-0.39, 0.29) is 24.4 Å². The van der Waals surface area contributed by atoms with E-state index in [1.807, 2.05) is 72.8 Å². The van der Waals surface area contributed by atoms with Crippen LogP contribution in [0.1, 0.15) is 54.1 Å². The smallest absolute Gasteiger partial charge is 0.167 e. The number of nitrogens with two attached hydrogens (primary N) is 2. The molecule has 0 bridgehead atoms. The molecule has 0 atom stereocenters. The number of Topliss-reactive ketones (excluding diaryl/α,β-unsaturated/α-hetero) is 2. The van der Waals surface area contributed by atoms with Gasteiger partial charge in [0, 0.05) is 46.1 Å². The van der Waals surface area contributed by atoms with E-state index in [9.17, 15) is 9.59 Å². The van der Waals surface area contributed by atoms with Crippen molar-refractivity contribution in [2.45, 2.75) is 18.3 Å². The van der Waals surface area contributed by atoms with Crippen molar-refractivity contribution < 1.29 is 9.59 Å². The first-order valence-electron chi connectivity index (χ1n) is 17.9. The predicted molar refractivity (Wildman–Crippen MR) is 217 cm³/mol. The molecule has 254 valence electrons. The summed E-state index contributed by atoms with van der Waals surface area (Å²) in [6, 6.07) is 57.3. The predicted octanol–water partition coefficient (Wildman–Crippen LogP) is 10.4. The second-order valence-corrected chi connectivity index (χ2v) is 14.0. The molecule has 8 aromatic carbocycles. The highest BCUT2D eigenvalue weighted by Gasteiger charge is 2.45. The van der Waals surface area contributed by atoms with Crippen LogP contribution >= 0.6 is 0 Å². The Morgan fingerprint density at radius 1 is 0.434 bits per heavy atom. The van der Waals surface area contributed by atoms with E-state index >= 15 is 0 Å². The molecule has 0 amide bonds. The third-order valence-corrected chi connectivity index (χ3v) is 10.9. The molecular formula is C49H36N2O2. The average Bonchev–Trinajstić information content (AvgIpc) is 3.49. The van der Waals surface area contributed by atoms with Crippen LogP contribution in [0.2, 0.25) is 0 Å². The fourth-order valence-corrected chi connectivity index (χ4v) is 8.28. The van der Waals surface area contributed by atoms with E-state index in [0.29, 0.717) is 22.5 Å². The Balaban J connectivity index is 1.07. The van der Waals surface area contributed by atoms with Crippen molar-refractivity contribution in [3.8, 4) is 11.1 Å². The first-order valence-corrected chi connectivity index (χ1v) is 17.9. The average molecular weight is 685 g/mol. The molecule has 0 fully saturated rings. The number of fused-ring (bicyclic) bond motifs is 5. The van der Waals surface area contributed by atoms with Gasteiger partial charge in [-0.3, -0.25) is 9.59 Å². The van der Waals surface area contributed by atoms with Gasteiger partial charge in [0.25, 0.3) is 0 Å². The van der Waals surface area contributed by atoms with Gasteiger partial charge in [0.1, 0.15) is 0 Å². The van der Waals surface area contributed by atoms with E-state index in [2.05, 4.69) is 97.1 Å². The second kappa shape index (κ2) is 12.8. The summed E-state index contributed by atoms with van der Waals surface area (Å²) in [5.41, 5.74) is 23.4. The summed E-state index contributed by atoms with van der Waals surface area (Å²) in [4.78, 5) is 27.0. The number of benzene rings is 8. The van der Waals surface area contributed by atoms with E-state index in [1.54, 1.807) is 0 Å². The quantitative estimate of drug-likeness (QED) is 0.123. The van der Waals surface area contributed by atoms with Crippen molar-refractivity contribution in [1.82, 2.24) is 0 Å². The summed E-state index contributed by atoms with van der Waals surface area (Å²) in [5.74, 6) is 0.0953. The number of rotatable bonds is 8. The van der Waals surface area contributed by atoms with Crippen LogP contribution in [0, 0.1) is 0 Å². The molecule has 53 heavy (non-hydrogen) atoms. The Bertz CT molecular complexity index is 2540. The second-order valence-electron chi connectivity index (χ2n) is 14.0. The van der Waals surface area contributed by atoms with Crippen LogP contribution < -0.4 is 11.5 Å². The molecule has 0 aliphatic heterocycles. The Kier molecular flexibility index (Phi) is 7.74. The summed E-state index contributed by atoms with van der Waals surface area (Å²) in [5, 5.41) is 3.82. The SMILES string of the molecule is Nc1cccc2ccc(C(=O)Cc3ccc(C4(c5ccc(CC(=O)c6ccc7cccc(N)c7c6)cc5)c5ccccc5-c5ccccc54)cc3)cc12. The molecule has 4 N–H and O–H groups in total. The van der Waals surface area contributed by atoms with Crippen molar-refractivity contribution >= 4 is 44.5 Å². The monoisotopic (exact) mass is 684 g/mol. The van der Waals surface area contributed by atoms with Crippen molar-refractivity contribution in [2.75, 3.05) is 11.5 Å². The first kappa shape index (κ1) is 32.1. The van der Waals surface area contributed by atoms with Crippen LogP contribution in [-0.4, -0.2) is 11.6 Å².